The average Bonchev–Trinajstić information content (AvgIpc) is 2.20. The van der Waals surface area contributed by atoms with Gasteiger partial charge in [0.25, 0.3) is 5.56 Å². The van der Waals surface area contributed by atoms with Crippen LogP contribution in [0.3, 0.4) is 0 Å². The monoisotopic (exact) mass is 228 g/mol. The minimum Gasteiger partial charge on any atom is -0.481 e. The van der Waals surface area contributed by atoms with Crippen LogP contribution < -0.4 is 5.56 Å². The molecule has 0 spiro atoms. The Labute approximate surface area is 90.9 Å². The van der Waals surface area contributed by atoms with E-state index in [1.54, 1.807) is 6.26 Å². The SMILES string of the molecule is CCc1nc(SC)[nH]c(=O)c1CC(=O)O. The van der Waals surface area contributed by atoms with Crippen LogP contribution in [0.15, 0.2) is 9.95 Å². The van der Waals surface area contributed by atoms with Gasteiger partial charge in [-0.1, -0.05) is 18.7 Å². The van der Waals surface area contributed by atoms with Crippen molar-refractivity contribution in [3.8, 4) is 0 Å². The van der Waals surface area contributed by atoms with Crippen LogP contribution >= 0.6 is 11.8 Å². The summed E-state index contributed by atoms with van der Waals surface area (Å²) in [6.45, 7) is 1.84. The highest BCUT2D eigenvalue weighted by Gasteiger charge is 2.12. The van der Waals surface area contributed by atoms with Crippen LogP contribution in [0.5, 0.6) is 0 Å². The van der Waals surface area contributed by atoms with Crippen molar-refractivity contribution >= 4 is 17.7 Å². The Kier molecular flexibility index (Phi) is 3.90. The van der Waals surface area contributed by atoms with Crippen LogP contribution in [-0.4, -0.2) is 27.3 Å². The molecule has 0 amide bonds. The first kappa shape index (κ1) is 11.8. The zero-order valence-electron chi connectivity index (χ0n) is 8.53. The molecule has 0 saturated heterocycles. The van der Waals surface area contributed by atoms with Crippen molar-refractivity contribution in [1.29, 1.82) is 0 Å². The van der Waals surface area contributed by atoms with Crippen molar-refractivity contribution in [2.45, 2.75) is 24.9 Å². The number of hydrogen-bond acceptors (Lipinski definition) is 4. The molecule has 5 nitrogen and oxygen atoms in total. The van der Waals surface area contributed by atoms with Gasteiger partial charge in [0.05, 0.1) is 12.1 Å². The molecule has 1 aromatic rings. The van der Waals surface area contributed by atoms with Gasteiger partial charge < -0.3 is 10.1 Å². The minimum atomic E-state index is -1.02. The van der Waals surface area contributed by atoms with Crippen LogP contribution in [0.1, 0.15) is 18.2 Å². The molecule has 6 heteroatoms. The first-order chi connectivity index (χ1) is 7.08. The lowest BCUT2D eigenvalue weighted by Gasteiger charge is -2.05. The van der Waals surface area contributed by atoms with Crippen molar-refractivity contribution in [3.05, 3.63) is 21.6 Å². The van der Waals surface area contributed by atoms with Crippen molar-refractivity contribution in [1.82, 2.24) is 9.97 Å². The fourth-order valence-electron chi connectivity index (χ4n) is 1.24. The molecule has 0 radical (unpaired) electrons. The lowest BCUT2D eigenvalue weighted by atomic mass is 10.1. The number of aryl methyl sites for hydroxylation is 1. The van der Waals surface area contributed by atoms with E-state index in [9.17, 15) is 9.59 Å². The summed E-state index contributed by atoms with van der Waals surface area (Å²) in [6.07, 6.45) is 2.08. The summed E-state index contributed by atoms with van der Waals surface area (Å²) >= 11 is 1.33. The average molecular weight is 228 g/mol. The number of rotatable bonds is 4. The van der Waals surface area contributed by atoms with E-state index >= 15 is 0 Å². The van der Waals surface area contributed by atoms with E-state index in [-0.39, 0.29) is 17.5 Å². The lowest BCUT2D eigenvalue weighted by Crippen LogP contribution is -2.21. The molecule has 15 heavy (non-hydrogen) atoms. The molecule has 0 unspecified atom stereocenters. The van der Waals surface area contributed by atoms with Crippen molar-refractivity contribution in [2.75, 3.05) is 6.26 Å². The molecule has 0 saturated carbocycles. The van der Waals surface area contributed by atoms with Gasteiger partial charge in [0.2, 0.25) is 0 Å². The van der Waals surface area contributed by atoms with Gasteiger partial charge in [-0.25, -0.2) is 4.98 Å². The second-order valence-electron chi connectivity index (χ2n) is 2.92. The minimum absolute atomic E-state index is 0.253. The Morgan fingerprint density at radius 3 is 2.73 bits per heavy atom. The Balaban J connectivity index is 3.24. The number of thioether (sulfide) groups is 1. The maximum Gasteiger partial charge on any atom is 0.308 e. The number of hydrogen-bond donors (Lipinski definition) is 2. The number of carbonyl (C=O) groups is 1. The molecule has 0 bridgehead atoms. The molecule has 0 aliphatic heterocycles. The van der Waals surface area contributed by atoms with E-state index in [1.807, 2.05) is 6.92 Å². The van der Waals surface area contributed by atoms with Gasteiger partial charge >= 0.3 is 5.97 Å². The molecule has 82 valence electrons. The zero-order valence-corrected chi connectivity index (χ0v) is 9.35. The topological polar surface area (TPSA) is 83.0 Å². The normalized spacial score (nSPS) is 10.3. The molecule has 1 aromatic heterocycles. The summed E-state index contributed by atoms with van der Waals surface area (Å²) in [4.78, 5) is 28.8. The van der Waals surface area contributed by atoms with Crippen LogP contribution in [0.4, 0.5) is 0 Å². The third-order valence-electron chi connectivity index (χ3n) is 1.94. The highest BCUT2D eigenvalue weighted by Crippen LogP contribution is 2.09. The molecule has 0 aliphatic carbocycles. The fraction of sp³-hybridized carbons (Fsp3) is 0.444. The fourth-order valence-corrected chi connectivity index (χ4v) is 1.64. The van der Waals surface area contributed by atoms with E-state index in [0.29, 0.717) is 17.3 Å². The zero-order chi connectivity index (χ0) is 11.4. The van der Waals surface area contributed by atoms with Crippen molar-refractivity contribution in [2.24, 2.45) is 0 Å². The Bertz CT molecular complexity index is 428. The number of nitrogens with one attached hydrogen (secondary N) is 1. The summed E-state index contributed by atoms with van der Waals surface area (Å²) in [7, 11) is 0. The van der Waals surface area contributed by atoms with E-state index in [2.05, 4.69) is 9.97 Å². The molecule has 1 heterocycles. The van der Waals surface area contributed by atoms with Crippen molar-refractivity contribution < 1.29 is 9.90 Å². The van der Waals surface area contributed by atoms with Gasteiger partial charge in [0, 0.05) is 5.56 Å². The summed E-state index contributed by atoms with van der Waals surface area (Å²) in [5, 5.41) is 9.17. The Hall–Kier alpha value is -1.30. The summed E-state index contributed by atoms with van der Waals surface area (Å²) in [6, 6.07) is 0. The van der Waals surface area contributed by atoms with Gasteiger partial charge in [0.1, 0.15) is 0 Å². The summed E-state index contributed by atoms with van der Waals surface area (Å²) in [5.74, 6) is -1.02. The van der Waals surface area contributed by atoms with Gasteiger partial charge in [-0.05, 0) is 12.7 Å². The molecular weight excluding hydrogens is 216 g/mol. The van der Waals surface area contributed by atoms with E-state index < -0.39 is 5.97 Å². The van der Waals surface area contributed by atoms with E-state index in [4.69, 9.17) is 5.11 Å². The Morgan fingerprint density at radius 2 is 2.27 bits per heavy atom. The molecular formula is C9H12N2O3S. The van der Waals surface area contributed by atoms with Crippen LogP contribution in [0, 0.1) is 0 Å². The molecule has 1 rings (SSSR count). The number of carboxylic acid groups (broad SMARTS) is 1. The van der Waals surface area contributed by atoms with Crippen LogP contribution in [0.25, 0.3) is 0 Å². The predicted molar refractivity (Wildman–Crippen MR) is 57.4 cm³/mol. The highest BCUT2D eigenvalue weighted by molar-refractivity contribution is 7.98. The van der Waals surface area contributed by atoms with Gasteiger partial charge in [-0.2, -0.15) is 0 Å². The highest BCUT2D eigenvalue weighted by atomic mass is 32.2. The van der Waals surface area contributed by atoms with Gasteiger partial charge in [-0.15, -0.1) is 0 Å². The number of aliphatic carboxylic acids is 1. The molecule has 2 N–H and O–H groups in total. The summed E-state index contributed by atoms with van der Waals surface area (Å²) < 4.78 is 0. The third kappa shape index (κ3) is 2.82. The smallest absolute Gasteiger partial charge is 0.308 e. The maximum atomic E-state index is 11.5. The van der Waals surface area contributed by atoms with Crippen molar-refractivity contribution in [3.63, 3.8) is 0 Å². The number of aromatic nitrogens is 2. The number of H-pyrrole nitrogens is 1. The lowest BCUT2D eigenvalue weighted by molar-refractivity contribution is -0.136. The first-order valence-electron chi connectivity index (χ1n) is 4.46. The first-order valence-corrected chi connectivity index (χ1v) is 5.68. The maximum absolute atomic E-state index is 11.5. The molecule has 0 aromatic carbocycles. The number of aromatic amines is 1. The molecule has 0 aliphatic rings. The quantitative estimate of drug-likeness (QED) is 0.585. The van der Waals surface area contributed by atoms with Crippen LogP contribution in [0.2, 0.25) is 0 Å². The van der Waals surface area contributed by atoms with Crippen LogP contribution in [-0.2, 0) is 17.6 Å². The molecule has 0 atom stereocenters. The third-order valence-corrected chi connectivity index (χ3v) is 2.52. The second-order valence-corrected chi connectivity index (χ2v) is 3.72. The van der Waals surface area contributed by atoms with E-state index in [1.165, 1.54) is 11.8 Å². The summed E-state index contributed by atoms with van der Waals surface area (Å²) in [5.41, 5.74) is 0.460. The van der Waals surface area contributed by atoms with Gasteiger partial charge in [0.15, 0.2) is 5.16 Å². The van der Waals surface area contributed by atoms with Gasteiger partial charge in [-0.3, -0.25) is 9.59 Å². The largest absolute Gasteiger partial charge is 0.481 e. The second kappa shape index (κ2) is 4.97. The standard InChI is InChI=1S/C9H12N2O3S/c1-3-6-5(4-7(12)13)8(14)11-9(10-6)15-2/h3-4H2,1-2H3,(H,12,13)(H,10,11,14). The van der Waals surface area contributed by atoms with E-state index in [0.717, 1.165) is 0 Å². The predicted octanol–water partition coefficient (Wildman–Crippen LogP) is 0.681. The number of nitrogens with zero attached hydrogens (tertiary/aromatic N) is 1. The number of carboxylic acids is 1. The Morgan fingerprint density at radius 1 is 1.60 bits per heavy atom. The molecule has 0 fully saturated rings.